The molecule has 0 aromatic carbocycles. The molecule has 0 unspecified atom stereocenters. The second-order valence-electron chi connectivity index (χ2n) is 3.86. The molecule has 88 valence electrons. The van der Waals surface area contributed by atoms with Gasteiger partial charge in [0, 0.05) is 6.04 Å². The van der Waals surface area contributed by atoms with E-state index < -0.39 is 0 Å². The van der Waals surface area contributed by atoms with Crippen LogP contribution in [0.25, 0.3) is 0 Å². The van der Waals surface area contributed by atoms with E-state index in [9.17, 15) is 9.59 Å². The maximum absolute atomic E-state index is 11.1. The monoisotopic (exact) mass is 216 g/mol. The van der Waals surface area contributed by atoms with Crippen molar-refractivity contribution in [2.24, 2.45) is 0 Å². The van der Waals surface area contributed by atoms with Crippen molar-refractivity contribution >= 4 is 11.8 Å². The van der Waals surface area contributed by atoms with E-state index in [-0.39, 0.29) is 37.1 Å². The van der Waals surface area contributed by atoms with Gasteiger partial charge >= 0.3 is 0 Å². The highest BCUT2D eigenvalue weighted by Gasteiger charge is 2.06. The number of amides is 2. The largest absolute Gasteiger partial charge is 0.369 e. The van der Waals surface area contributed by atoms with Gasteiger partial charge in [-0.3, -0.25) is 9.59 Å². The van der Waals surface area contributed by atoms with Gasteiger partial charge in [-0.1, -0.05) is 0 Å². The average Bonchev–Trinajstić information content (AvgIpc) is 2.10. The highest BCUT2D eigenvalue weighted by molar-refractivity contribution is 5.85. The van der Waals surface area contributed by atoms with Gasteiger partial charge in [0.1, 0.15) is 6.61 Å². The normalized spacial score (nSPS) is 10.5. The summed E-state index contributed by atoms with van der Waals surface area (Å²) in [4.78, 5) is 22.3. The zero-order valence-electron chi connectivity index (χ0n) is 9.79. The van der Waals surface area contributed by atoms with Crippen molar-refractivity contribution < 1.29 is 14.3 Å². The standard InChI is InChI=1S/C10H20N2O3/c1-7(2)12-9(13)5-11-10(14)6-15-8(3)4/h7-8H,5-6H2,1-4H3,(H,11,14)(H,12,13). The molecule has 0 bridgehead atoms. The summed E-state index contributed by atoms with van der Waals surface area (Å²) in [5.41, 5.74) is 0. The molecule has 0 radical (unpaired) electrons. The number of carbonyl (C=O) groups is 2. The first-order valence-electron chi connectivity index (χ1n) is 5.09. The number of rotatable bonds is 6. The first-order valence-corrected chi connectivity index (χ1v) is 5.09. The van der Waals surface area contributed by atoms with Crippen LogP contribution in [-0.4, -0.2) is 37.1 Å². The molecule has 0 fully saturated rings. The molecule has 2 amide bonds. The van der Waals surface area contributed by atoms with Crippen molar-refractivity contribution in [1.29, 1.82) is 0 Å². The lowest BCUT2D eigenvalue weighted by Crippen LogP contribution is -2.41. The topological polar surface area (TPSA) is 67.4 Å². The minimum absolute atomic E-state index is 0.00152. The smallest absolute Gasteiger partial charge is 0.246 e. The molecule has 5 nitrogen and oxygen atoms in total. The van der Waals surface area contributed by atoms with Crippen LogP contribution in [0.5, 0.6) is 0 Å². The maximum Gasteiger partial charge on any atom is 0.246 e. The van der Waals surface area contributed by atoms with Gasteiger partial charge in [-0.15, -0.1) is 0 Å². The number of hydrogen-bond donors (Lipinski definition) is 2. The Morgan fingerprint density at radius 1 is 1.13 bits per heavy atom. The van der Waals surface area contributed by atoms with Crippen molar-refractivity contribution in [2.45, 2.75) is 39.8 Å². The summed E-state index contributed by atoms with van der Waals surface area (Å²) in [5, 5.41) is 5.14. The quantitative estimate of drug-likeness (QED) is 0.659. The molecule has 0 saturated carbocycles. The maximum atomic E-state index is 11.1. The second-order valence-corrected chi connectivity index (χ2v) is 3.86. The molecule has 0 aliphatic rings. The Bertz CT molecular complexity index is 215. The number of carbonyl (C=O) groups excluding carboxylic acids is 2. The molecule has 0 aliphatic carbocycles. The Morgan fingerprint density at radius 2 is 1.73 bits per heavy atom. The van der Waals surface area contributed by atoms with Gasteiger partial charge in [0.2, 0.25) is 11.8 Å². The zero-order chi connectivity index (χ0) is 11.8. The molecule has 5 heteroatoms. The third kappa shape index (κ3) is 9.21. The van der Waals surface area contributed by atoms with Crippen LogP contribution in [0.2, 0.25) is 0 Å². The first-order chi connectivity index (χ1) is 6.91. The van der Waals surface area contributed by atoms with Crippen LogP contribution in [0.15, 0.2) is 0 Å². The van der Waals surface area contributed by atoms with E-state index in [4.69, 9.17) is 4.74 Å². The molecular weight excluding hydrogens is 196 g/mol. The van der Waals surface area contributed by atoms with E-state index in [1.165, 1.54) is 0 Å². The van der Waals surface area contributed by atoms with Crippen LogP contribution in [0.1, 0.15) is 27.7 Å². The fourth-order valence-corrected chi connectivity index (χ4v) is 0.845. The Balaban J connectivity index is 3.58. The molecule has 0 aromatic heterocycles. The van der Waals surface area contributed by atoms with Gasteiger partial charge in [0.15, 0.2) is 0 Å². The number of hydrogen-bond acceptors (Lipinski definition) is 3. The predicted molar refractivity (Wildman–Crippen MR) is 57.4 cm³/mol. The molecule has 0 aliphatic heterocycles. The third-order valence-corrected chi connectivity index (χ3v) is 1.44. The molecular formula is C10H20N2O3. The zero-order valence-corrected chi connectivity index (χ0v) is 9.79. The Kier molecular flexibility index (Phi) is 6.70. The van der Waals surface area contributed by atoms with Crippen molar-refractivity contribution in [3.8, 4) is 0 Å². The van der Waals surface area contributed by atoms with E-state index in [1.54, 1.807) is 0 Å². The molecule has 0 heterocycles. The van der Waals surface area contributed by atoms with Gasteiger partial charge in [-0.05, 0) is 27.7 Å². The van der Waals surface area contributed by atoms with Gasteiger partial charge in [-0.25, -0.2) is 0 Å². The number of nitrogens with one attached hydrogen (secondary N) is 2. The van der Waals surface area contributed by atoms with Crippen molar-refractivity contribution in [2.75, 3.05) is 13.2 Å². The van der Waals surface area contributed by atoms with E-state index in [1.807, 2.05) is 27.7 Å². The summed E-state index contributed by atoms with van der Waals surface area (Å²) in [5.74, 6) is -0.467. The van der Waals surface area contributed by atoms with E-state index in [0.29, 0.717) is 0 Å². The van der Waals surface area contributed by atoms with E-state index in [0.717, 1.165) is 0 Å². The molecule has 0 aromatic rings. The highest BCUT2D eigenvalue weighted by atomic mass is 16.5. The van der Waals surface area contributed by atoms with Crippen LogP contribution in [-0.2, 0) is 14.3 Å². The van der Waals surface area contributed by atoms with E-state index in [2.05, 4.69) is 10.6 Å². The van der Waals surface area contributed by atoms with Crippen LogP contribution in [0, 0.1) is 0 Å². The lowest BCUT2D eigenvalue weighted by atomic mass is 10.4. The summed E-state index contributed by atoms with van der Waals surface area (Å²) >= 11 is 0. The minimum atomic E-state index is -0.275. The molecule has 2 N–H and O–H groups in total. The third-order valence-electron chi connectivity index (χ3n) is 1.44. The summed E-state index contributed by atoms with van der Waals surface area (Å²) < 4.78 is 5.07. The van der Waals surface area contributed by atoms with Crippen molar-refractivity contribution in [1.82, 2.24) is 10.6 Å². The highest BCUT2D eigenvalue weighted by Crippen LogP contribution is 1.86. The van der Waals surface area contributed by atoms with Crippen LogP contribution in [0.4, 0.5) is 0 Å². The average molecular weight is 216 g/mol. The van der Waals surface area contributed by atoms with E-state index >= 15 is 0 Å². The number of ether oxygens (including phenoxy) is 1. The van der Waals surface area contributed by atoms with Crippen LogP contribution < -0.4 is 10.6 Å². The van der Waals surface area contributed by atoms with Gasteiger partial charge in [0.25, 0.3) is 0 Å². The summed E-state index contributed by atoms with van der Waals surface area (Å²) in [7, 11) is 0. The Morgan fingerprint density at radius 3 is 2.20 bits per heavy atom. The fourth-order valence-electron chi connectivity index (χ4n) is 0.845. The first kappa shape index (κ1) is 13.9. The Labute approximate surface area is 90.6 Å². The lowest BCUT2D eigenvalue weighted by Gasteiger charge is -2.10. The summed E-state index contributed by atoms with van der Waals surface area (Å²) in [6.07, 6.45) is 0.0141. The summed E-state index contributed by atoms with van der Waals surface area (Å²) in [6, 6.07) is 0.0846. The summed E-state index contributed by atoms with van der Waals surface area (Å²) in [6.45, 7) is 7.41. The lowest BCUT2D eigenvalue weighted by molar-refractivity contribution is -0.130. The van der Waals surface area contributed by atoms with Crippen LogP contribution in [0.3, 0.4) is 0 Å². The molecule has 15 heavy (non-hydrogen) atoms. The minimum Gasteiger partial charge on any atom is -0.369 e. The van der Waals surface area contributed by atoms with Gasteiger partial charge in [-0.2, -0.15) is 0 Å². The molecule has 0 atom stereocenters. The molecule has 0 saturated heterocycles. The van der Waals surface area contributed by atoms with Gasteiger partial charge < -0.3 is 15.4 Å². The predicted octanol–water partition coefficient (Wildman–Crippen LogP) is 0.0522. The van der Waals surface area contributed by atoms with Crippen molar-refractivity contribution in [3.05, 3.63) is 0 Å². The SMILES string of the molecule is CC(C)NC(=O)CNC(=O)COC(C)C. The van der Waals surface area contributed by atoms with Crippen molar-refractivity contribution in [3.63, 3.8) is 0 Å². The van der Waals surface area contributed by atoms with Crippen LogP contribution >= 0.6 is 0 Å². The molecule has 0 rings (SSSR count). The fraction of sp³-hybridized carbons (Fsp3) is 0.800. The molecule has 0 spiro atoms. The Hall–Kier alpha value is -1.10. The second kappa shape index (κ2) is 7.23. The van der Waals surface area contributed by atoms with Gasteiger partial charge in [0.05, 0.1) is 12.6 Å².